The zero-order valence-corrected chi connectivity index (χ0v) is 13.1. The van der Waals surface area contributed by atoms with Crippen molar-refractivity contribution in [2.45, 2.75) is 25.0 Å². The molecule has 0 aliphatic carbocycles. The number of hydrogen-bond acceptors (Lipinski definition) is 4. The molecule has 0 fully saturated rings. The van der Waals surface area contributed by atoms with Crippen molar-refractivity contribution in [1.82, 2.24) is 5.32 Å². The summed E-state index contributed by atoms with van der Waals surface area (Å²) in [6.45, 7) is 4.84. The molecule has 19 heavy (non-hydrogen) atoms. The van der Waals surface area contributed by atoms with E-state index in [9.17, 15) is 4.79 Å². The Morgan fingerprint density at radius 1 is 1.58 bits per heavy atom. The fourth-order valence-electron chi connectivity index (χ4n) is 1.24. The molecule has 0 aliphatic heterocycles. The Balaban J connectivity index is 2.69. The predicted octanol–water partition coefficient (Wildman–Crippen LogP) is 2.35. The third kappa shape index (κ3) is 5.27. The molecule has 104 valence electrons. The number of hydrogen-bond donors (Lipinski definition) is 2. The summed E-state index contributed by atoms with van der Waals surface area (Å²) in [5.74, 6) is 5.68. The van der Waals surface area contributed by atoms with Crippen molar-refractivity contribution in [2.24, 2.45) is 0 Å². The normalized spacial score (nSPS) is 10.7. The van der Waals surface area contributed by atoms with E-state index in [4.69, 9.17) is 5.11 Å². The minimum atomic E-state index is -0.0783. The lowest BCUT2D eigenvalue weighted by Crippen LogP contribution is -2.35. The summed E-state index contributed by atoms with van der Waals surface area (Å²) in [7, 11) is 0. The second kappa shape index (κ2) is 7.59. The van der Waals surface area contributed by atoms with E-state index >= 15 is 0 Å². The number of amides is 1. The van der Waals surface area contributed by atoms with E-state index in [0.29, 0.717) is 17.8 Å². The molecule has 5 heteroatoms. The van der Waals surface area contributed by atoms with Crippen LogP contribution < -0.4 is 5.32 Å². The Hall–Kier alpha value is -0.960. The van der Waals surface area contributed by atoms with Crippen LogP contribution in [-0.4, -0.2) is 35.2 Å². The fourth-order valence-corrected chi connectivity index (χ4v) is 2.22. The molecule has 1 aromatic rings. The molecule has 0 saturated carbocycles. The summed E-state index contributed by atoms with van der Waals surface area (Å²) in [5, 5.41) is 13.5. The number of thioether (sulfide) groups is 1. The number of carbonyl (C=O) groups excluding carboxylic acids is 1. The number of aliphatic hydroxyl groups is 1. The Bertz CT molecular complexity index is 483. The molecule has 3 nitrogen and oxygen atoms in total. The quantitative estimate of drug-likeness (QED) is 0.820. The maximum absolute atomic E-state index is 12.1. The van der Waals surface area contributed by atoms with Crippen molar-refractivity contribution in [3.63, 3.8) is 0 Å². The number of nitrogens with one attached hydrogen (secondary N) is 1. The standard InChI is InChI=1S/C14H19NO2S2/c1-14(2,18-3)10-15-13(17)12-11(7-9-19-12)6-4-5-8-16/h7,9,16H,5,8,10H2,1-3H3,(H,15,17). The average molecular weight is 297 g/mol. The maximum Gasteiger partial charge on any atom is 0.262 e. The first-order chi connectivity index (χ1) is 9.00. The van der Waals surface area contributed by atoms with E-state index in [2.05, 4.69) is 31.0 Å². The molecular formula is C14H19NO2S2. The van der Waals surface area contributed by atoms with Gasteiger partial charge in [0.25, 0.3) is 5.91 Å². The maximum atomic E-state index is 12.1. The first kappa shape index (κ1) is 16.1. The largest absolute Gasteiger partial charge is 0.395 e. The van der Waals surface area contributed by atoms with Crippen LogP contribution in [0.25, 0.3) is 0 Å². The van der Waals surface area contributed by atoms with Crippen LogP contribution in [0.3, 0.4) is 0 Å². The Labute approximate surface area is 122 Å². The zero-order valence-electron chi connectivity index (χ0n) is 11.4. The van der Waals surface area contributed by atoms with Crippen LogP contribution in [0.4, 0.5) is 0 Å². The monoisotopic (exact) mass is 297 g/mol. The van der Waals surface area contributed by atoms with Gasteiger partial charge >= 0.3 is 0 Å². The van der Waals surface area contributed by atoms with Crippen molar-refractivity contribution in [3.8, 4) is 11.8 Å². The lowest BCUT2D eigenvalue weighted by Gasteiger charge is -2.21. The van der Waals surface area contributed by atoms with Gasteiger partial charge in [-0.1, -0.05) is 11.8 Å². The number of aliphatic hydroxyl groups excluding tert-OH is 1. The van der Waals surface area contributed by atoms with Crippen molar-refractivity contribution in [3.05, 3.63) is 21.9 Å². The Morgan fingerprint density at radius 2 is 2.32 bits per heavy atom. The van der Waals surface area contributed by atoms with Gasteiger partial charge in [-0.3, -0.25) is 4.79 Å². The molecule has 0 spiro atoms. The molecule has 0 bridgehead atoms. The van der Waals surface area contributed by atoms with Crippen molar-refractivity contribution in [1.29, 1.82) is 0 Å². The fraction of sp³-hybridized carbons (Fsp3) is 0.500. The Kier molecular flexibility index (Phi) is 6.43. The van der Waals surface area contributed by atoms with E-state index in [1.807, 2.05) is 17.7 Å². The lowest BCUT2D eigenvalue weighted by atomic mass is 10.2. The molecule has 1 rings (SSSR count). The molecule has 1 heterocycles. The van der Waals surface area contributed by atoms with Gasteiger partial charge in [-0.2, -0.15) is 11.8 Å². The first-order valence-corrected chi connectivity index (χ1v) is 8.11. The highest BCUT2D eigenvalue weighted by atomic mass is 32.2. The summed E-state index contributed by atoms with van der Waals surface area (Å²) in [6, 6.07) is 1.84. The first-order valence-electron chi connectivity index (χ1n) is 6.01. The number of rotatable bonds is 5. The average Bonchev–Trinajstić information content (AvgIpc) is 2.85. The summed E-state index contributed by atoms with van der Waals surface area (Å²) < 4.78 is 0.0235. The van der Waals surface area contributed by atoms with Gasteiger partial charge in [0.05, 0.1) is 6.61 Å². The van der Waals surface area contributed by atoms with Crippen molar-refractivity contribution >= 4 is 29.0 Å². The van der Waals surface area contributed by atoms with Crippen molar-refractivity contribution < 1.29 is 9.90 Å². The third-order valence-corrected chi connectivity index (χ3v) is 4.72. The highest BCUT2D eigenvalue weighted by Gasteiger charge is 2.19. The zero-order chi connectivity index (χ0) is 14.3. The van der Waals surface area contributed by atoms with Gasteiger partial charge in [0.15, 0.2) is 0 Å². The molecule has 0 saturated heterocycles. The Morgan fingerprint density at radius 3 is 2.95 bits per heavy atom. The van der Waals surface area contributed by atoms with Gasteiger partial charge in [0.2, 0.25) is 0 Å². The SMILES string of the molecule is CSC(C)(C)CNC(=O)c1sccc1C#CCCO. The van der Waals surface area contributed by atoms with E-state index in [1.165, 1.54) is 11.3 Å². The van der Waals surface area contributed by atoms with Crippen molar-refractivity contribution in [2.75, 3.05) is 19.4 Å². The van der Waals surface area contributed by atoms with E-state index in [1.54, 1.807) is 11.8 Å². The summed E-state index contributed by atoms with van der Waals surface area (Å²) in [4.78, 5) is 12.7. The van der Waals surface area contributed by atoms with Gasteiger partial charge in [-0.25, -0.2) is 0 Å². The summed E-state index contributed by atoms with van der Waals surface area (Å²) in [5.41, 5.74) is 0.734. The molecule has 2 N–H and O–H groups in total. The molecule has 0 aromatic carbocycles. The van der Waals surface area contributed by atoms with Gasteiger partial charge in [0, 0.05) is 23.3 Å². The third-order valence-electron chi connectivity index (χ3n) is 2.56. The predicted molar refractivity (Wildman–Crippen MR) is 82.8 cm³/mol. The molecule has 0 unspecified atom stereocenters. The molecular weight excluding hydrogens is 278 g/mol. The molecule has 1 aromatic heterocycles. The second-order valence-corrected chi connectivity index (χ2v) is 7.01. The van der Waals surface area contributed by atoms with Gasteiger partial charge in [-0.15, -0.1) is 11.3 Å². The van der Waals surface area contributed by atoms with Crippen LogP contribution in [-0.2, 0) is 0 Å². The molecule has 0 aliphatic rings. The van der Waals surface area contributed by atoms with Gasteiger partial charge in [0.1, 0.15) is 4.88 Å². The second-order valence-electron chi connectivity index (χ2n) is 4.59. The topological polar surface area (TPSA) is 49.3 Å². The highest BCUT2D eigenvalue weighted by molar-refractivity contribution is 7.99. The van der Waals surface area contributed by atoms with Crippen LogP contribution in [0.5, 0.6) is 0 Å². The summed E-state index contributed by atoms with van der Waals surface area (Å²) in [6.07, 6.45) is 2.46. The summed E-state index contributed by atoms with van der Waals surface area (Å²) >= 11 is 3.11. The van der Waals surface area contributed by atoms with Crippen LogP contribution in [0.1, 0.15) is 35.5 Å². The van der Waals surface area contributed by atoms with Crippen LogP contribution >= 0.6 is 23.1 Å². The minimum Gasteiger partial charge on any atom is -0.395 e. The van der Waals surface area contributed by atoms with Crippen LogP contribution in [0, 0.1) is 11.8 Å². The van der Waals surface area contributed by atoms with Crippen LogP contribution in [0.15, 0.2) is 11.4 Å². The van der Waals surface area contributed by atoms with E-state index in [0.717, 1.165) is 5.56 Å². The molecule has 1 amide bonds. The number of thiophene rings is 1. The molecule has 0 atom stereocenters. The minimum absolute atomic E-state index is 0.0235. The highest BCUT2D eigenvalue weighted by Crippen LogP contribution is 2.21. The van der Waals surface area contributed by atoms with Gasteiger partial charge in [-0.05, 0) is 31.5 Å². The van der Waals surface area contributed by atoms with E-state index in [-0.39, 0.29) is 17.3 Å². The van der Waals surface area contributed by atoms with Crippen LogP contribution in [0.2, 0.25) is 0 Å². The lowest BCUT2D eigenvalue weighted by molar-refractivity contribution is 0.0954. The number of carbonyl (C=O) groups is 1. The van der Waals surface area contributed by atoms with Gasteiger partial charge < -0.3 is 10.4 Å². The smallest absolute Gasteiger partial charge is 0.262 e. The van der Waals surface area contributed by atoms with E-state index < -0.39 is 0 Å². The molecule has 0 radical (unpaired) electrons.